The van der Waals surface area contributed by atoms with Crippen LogP contribution in [0, 0.1) is 24.0 Å². The van der Waals surface area contributed by atoms with Crippen LogP contribution in [0.15, 0.2) is 40.9 Å². The Bertz CT molecular complexity index is 729. The van der Waals surface area contributed by atoms with Crippen molar-refractivity contribution < 1.29 is 9.72 Å². The highest BCUT2D eigenvalue weighted by molar-refractivity contribution is 9.10. The van der Waals surface area contributed by atoms with Crippen molar-refractivity contribution in [3.63, 3.8) is 0 Å². The maximum absolute atomic E-state index is 12.3. The molecule has 0 aliphatic rings. The van der Waals surface area contributed by atoms with Crippen LogP contribution in [-0.4, -0.2) is 10.8 Å². The Balaban J connectivity index is 2.33. The van der Waals surface area contributed by atoms with Crippen LogP contribution in [0.1, 0.15) is 21.5 Å². The van der Waals surface area contributed by atoms with Gasteiger partial charge in [-0.3, -0.25) is 14.9 Å². The van der Waals surface area contributed by atoms with E-state index in [0.29, 0.717) is 15.7 Å². The van der Waals surface area contributed by atoms with E-state index in [1.165, 1.54) is 12.1 Å². The molecule has 0 aliphatic carbocycles. The predicted octanol–water partition coefficient (Wildman–Crippen LogP) is 4.23. The summed E-state index contributed by atoms with van der Waals surface area (Å²) >= 11 is 3.38. The third-order valence-electron chi connectivity index (χ3n) is 3.12. The number of rotatable bonds is 3. The van der Waals surface area contributed by atoms with Crippen molar-refractivity contribution >= 4 is 33.2 Å². The van der Waals surface area contributed by atoms with Crippen LogP contribution in [0.25, 0.3) is 0 Å². The number of carbonyl (C=O) groups excluding carboxylic acids is 1. The zero-order chi connectivity index (χ0) is 15.6. The molecule has 108 valence electrons. The summed E-state index contributed by atoms with van der Waals surface area (Å²) in [6, 6.07) is 9.75. The zero-order valence-corrected chi connectivity index (χ0v) is 13.1. The lowest BCUT2D eigenvalue weighted by atomic mass is 10.1. The summed E-state index contributed by atoms with van der Waals surface area (Å²) in [7, 11) is 0. The Morgan fingerprint density at radius 1 is 1.19 bits per heavy atom. The number of amides is 1. The van der Waals surface area contributed by atoms with E-state index < -0.39 is 4.92 Å². The molecule has 0 heterocycles. The van der Waals surface area contributed by atoms with Gasteiger partial charge in [-0.25, -0.2) is 0 Å². The maximum atomic E-state index is 12.3. The summed E-state index contributed by atoms with van der Waals surface area (Å²) in [4.78, 5) is 22.6. The highest BCUT2D eigenvalue weighted by Crippen LogP contribution is 2.25. The number of halogens is 1. The third-order valence-corrected chi connectivity index (χ3v) is 4.17. The van der Waals surface area contributed by atoms with E-state index in [9.17, 15) is 14.9 Å². The highest BCUT2D eigenvalue weighted by atomic mass is 79.9. The van der Waals surface area contributed by atoms with Gasteiger partial charge < -0.3 is 5.32 Å². The van der Waals surface area contributed by atoms with Crippen molar-refractivity contribution in [2.45, 2.75) is 13.8 Å². The summed E-state index contributed by atoms with van der Waals surface area (Å²) < 4.78 is 0.714. The van der Waals surface area contributed by atoms with Gasteiger partial charge in [0.1, 0.15) is 0 Å². The molecular weight excluding hydrogens is 336 g/mol. The quantitative estimate of drug-likeness (QED) is 0.666. The van der Waals surface area contributed by atoms with Gasteiger partial charge in [0.05, 0.1) is 16.2 Å². The fourth-order valence-corrected chi connectivity index (χ4v) is 2.32. The monoisotopic (exact) mass is 348 g/mol. The second-order valence-electron chi connectivity index (χ2n) is 4.65. The lowest BCUT2D eigenvalue weighted by Gasteiger charge is -2.10. The zero-order valence-electron chi connectivity index (χ0n) is 11.5. The highest BCUT2D eigenvalue weighted by Gasteiger charge is 2.14. The van der Waals surface area contributed by atoms with Crippen molar-refractivity contribution in [1.82, 2.24) is 0 Å². The molecule has 2 rings (SSSR count). The first kappa shape index (κ1) is 15.2. The Kier molecular flexibility index (Phi) is 4.37. The Labute approximate surface area is 130 Å². The number of hydrogen-bond acceptors (Lipinski definition) is 3. The predicted molar refractivity (Wildman–Crippen MR) is 84.7 cm³/mol. The molecular formula is C15H13BrN2O3. The number of carbonyl (C=O) groups is 1. The summed E-state index contributed by atoms with van der Waals surface area (Å²) in [5.41, 5.74) is 2.57. The molecule has 6 heteroatoms. The van der Waals surface area contributed by atoms with Crippen molar-refractivity contribution in [2.24, 2.45) is 0 Å². The molecule has 0 bridgehead atoms. The van der Waals surface area contributed by atoms with Crippen molar-refractivity contribution in [2.75, 3.05) is 5.32 Å². The van der Waals surface area contributed by atoms with Gasteiger partial charge in [-0.2, -0.15) is 0 Å². The number of hydrogen-bond donors (Lipinski definition) is 1. The third kappa shape index (κ3) is 3.28. The number of anilines is 1. The normalized spacial score (nSPS) is 10.2. The van der Waals surface area contributed by atoms with Crippen LogP contribution in [0.4, 0.5) is 11.4 Å². The van der Waals surface area contributed by atoms with Crippen LogP contribution < -0.4 is 5.32 Å². The van der Waals surface area contributed by atoms with Gasteiger partial charge in [-0.05, 0) is 47.0 Å². The molecule has 2 aromatic carbocycles. The van der Waals surface area contributed by atoms with Crippen LogP contribution >= 0.6 is 15.9 Å². The smallest absolute Gasteiger partial charge is 0.271 e. The van der Waals surface area contributed by atoms with Gasteiger partial charge in [0, 0.05) is 16.6 Å². The van der Waals surface area contributed by atoms with Gasteiger partial charge in [0.25, 0.3) is 11.6 Å². The number of non-ortho nitro benzene ring substituents is 1. The minimum atomic E-state index is -0.488. The maximum Gasteiger partial charge on any atom is 0.271 e. The van der Waals surface area contributed by atoms with Crippen LogP contribution in [0.5, 0.6) is 0 Å². The summed E-state index contributed by atoms with van der Waals surface area (Å²) in [5.74, 6) is -0.311. The molecule has 0 fully saturated rings. The Morgan fingerprint density at radius 2 is 1.90 bits per heavy atom. The van der Waals surface area contributed by atoms with Gasteiger partial charge >= 0.3 is 0 Å². The van der Waals surface area contributed by atoms with Crippen molar-refractivity contribution in [1.29, 1.82) is 0 Å². The summed E-state index contributed by atoms with van der Waals surface area (Å²) in [5, 5.41) is 13.5. The molecule has 0 aliphatic heterocycles. The van der Waals surface area contributed by atoms with E-state index in [4.69, 9.17) is 0 Å². The number of nitrogens with zero attached hydrogens (tertiary/aromatic N) is 1. The second kappa shape index (κ2) is 6.05. The molecule has 0 aromatic heterocycles. The standard InChI is InChI=1S/C15H13BrN2O3/c1-9-6-7-11(18(20)21)8-13(9)17-15(19)12-5-3-4-10(2)14(12)16/h3-8H,1-2H3,(H,17,19). The van der Waals surface area contributed by atoms with Crippen LogP contribution in [-0.2, 0) is 0 Å². The van der Waals surface area contributed by atoms with Gasteiger partial charge in [0.15, 0.2) is 0 Å². The molecule has 0 atom stereocenters. The topological polar surface area (TPSA) is 72.2 Å². The van der Waals surface area contributed by atoms with Gasteiger partial charge in [-0.1, -0.05) is 18.2 Å². The Morgan fingerprint density at radius 3 is 2.57 bits per heavy atom. The number of benzene rings is 2. The molecule has 0 saturated heterocycles. The minimum absolute atomic E-state index is 0.0563. The molecule has 0 unspecified atom stereocenters. The second-order valence-corrected chi connectivity index (χ2v) is 5.44. The summed E-state index contributed by atoms with van der Waals surface area (Å²) in [6.45, 7) is 3.67. The fraction of sp³-hybridized carbons (Fsp3) is 0.133. The first-order valence-corrected chi connectivity index (χ1v) is 7.01. The SMILES string of the molecule is Cc1ccc([N+](=O)[O-])cc1NC(=O)c1cccc(C)c1Br. The largest absolute Gasteiger partial charge is 0.321 e. The molecule has 21 heavy (non-hydrogen) atoms. The molecule has 0 radical (unpaired) electrons. The van der Waals surface area contributed by atoms with Gasteiger partial charge in [-0.15, -0.1) is 0 Å². The number of nitro groups is 1. The molecule has 0 spiro atoms. The minimum Gasteiger partial charge on any atom is -0.321 e. The molecule has 0 saturated carbocycles. The molecule has 1 N–H and O–H groups in total. The van der Waals surface area contributed by atoms with Crippen molar-refractivity contribution in [3.05, 3.63) is 67.7 Å². The van der Waals surface area contributed by atoms with E-state index >= 15 is 0 Å². The molecule has 1 amide bonds. The first-order chi connectivity index (χ1) is 9.90. The van der Waals surface area contributed by atoms with Crippen LogP contribution in [0.3, 0.4) is 0 Å². The lowest BCUT2D eigenvalue weighted by molar-refractivity contribution is -0.384. The molecule has 2 aromatic rings. The van der Waals surface area contributed by atoms with Crippen LogP contribution in [0.2, 0.25) is 0 Å². The van der Waals surface area contributed by atoms with E-state index in [0.717, 1.165) is 11.1 Å². The number of aryl methyl sites for hydroxylation is 2. The van der Waals surface area contributed by atoms with E-state index in [-0.39, 0.29) is 11.6 Å². The lowest BCUT2D eigenvalue weighted by Crippen LogP contribution is -2.14. The van der Waals surface area contributed by atoms with E-state index in [1.54, 1.807) is 25.1 Å². The van der Waals surface area contributed by atoms with Crippen molar-refractivity contribution in [3.8, 4) is 0 Å². The summed E-state index contributed by atoms with van der Waals surface area (Å²) in [6.07, 6.45) is 0. The molecule has 5 nitrogen and oxygen atoms in total. The fourth-order valence-electron chi connectivity index (χ4n) is 1.87. The Hall–Kier alpha value is -2.21. The first-order valence-electron chi connectivity index (χ1n) is 6.21. The van der Waals surface area contributed by atoms with Gasteiger partial charge in [0.2, 0.25) is 0 Å². The average molecular weight is 349 g/mol. The average Bonchev–Trinajstić information content (AvgIpc) is 2.43. The van der Waals surface area contributed by atoms with E-state index in [1.807, 2.05) is 13.0 Å². The number of nitro benzene ring substituents is 1. The van der Waals surface area contributed by atoms with E-state index in [2.05, 4.69) is 21.2 Å². The number of nitrogens with one attached hydrogen (secondary N) is 1.